The van der Waals surface area contributed by atoms with Crippen LogP contribution in [-0.2, 0) is 26.0 Å². The average Bonchev–Trinajstić information content (AvgIpc) is 2.42. The first-order chi connectivity index (χ1) is 10.9. The molecule has 2 N–H and O–H groups in total. The van der Waals surface area contributed by atoms with Crippen molar-refractivity contribution in [2.45, 2.75) is 15.9 Å². The standard InChI is InChI=1S/C14H12O8S2.2Li/c15-14(16)12-7-8-1-3-11(23(17,18)19)6-10(8)5-9(12)2-4-13(14)24(20,21)22;;/h1-7,13,15-16H,(H,17,18,19)(H,20,21,22);;/q;2*+1/p-2. The summed E-state index contributed by atoms with van der Waals surface area (Å²) in [4.78, 5) is -0.450. The molecule has 0 amide bonds. The van der Waals surface area contributed by atoms with Crippen LogP contribution in [-0.4, -0.2) is 41.4 Å². The zero-order valence-electron chi connectivity index (χ0n) is 13.8. The van der Waals surface area contributed by atoms with Crippen molar-refractivity contribution < 1.29 is 73.9 Å². The maximum atomic E-state index is 11.2. The maximum absolute atomic E-state index is 11.2. The summed E-state index contributed by atoms with van der Waals surface area (Å²) in [5.74, 6) is -2.93. The minimum atomic E-state index is -5.01. The minimum Gasteiger partial charge on any atom is -0.747 e. The Kier molecular flexibility index (Phi) is 6.68. The SMILES string of the molecule is O=S(=O)([O-])c1ccc2cc3c(cc2c1)C=CC(S(=O)(=O)[O-])C3(O)O.[Li+].[Li+]. The quantitative estimate of drug-likeness (QED) is 0.294. The molecular formula is C14H10Li2O8S2. The summed E-state index contributed by atoms with van der Waals surface area (Å²) < 4.78 is 66.8. The summed E-state index contributed by atoms with van der Waals surface area (Å²) in [7, 11) is -9.67. The van der Waals surface area contributed by atoms with Crippen LogP contribution in [0.25, 0.3) is 16.8 Å². The molecule has 0 fully saturated rings. The Balaban J connectivity index is 0.00000169. The van der Waals surface area contributed by atoms with E-state index in [-0.39, 0.29) is 48.8 Å². The number of hydrogen-bond donors (Lipinski definition) is 2. The Morgan fingerprint density at radius 1 is 0.923 bits per heavy atom. The normalized spacial score (nSPS) is 18.5. The Morgan fingerprint density at radius 3 is 2.08 bits per heavy atom. The molecule has 26 heavy (non-hydrogen) atoms. The van der Waals surface area contributed by atoms with Crippen molar-refractivity contribution in [1.82, 2.24) is 0 Å². The minimum absolute atomic E-state index is 0. The van der Waals surface area contributed by atoms with E-state index in [2.05, 4.69) is 0 Å². The van der Waals surface area contributed by atoms with Gasteiger partial charge in [0.25, 0.3) is 0 Å². The van der Waals surface area contributed by atoms with Crippen molar-refractivity contribution in [1.29, 1.82) is 0 Å². The van der Waals surface area contributed by atoms with E-state index in [4.69, 9.17) is 0 Å². The summed E-state index contributed by atoms with van der Waals surface area (Å²) in [6.07, 6.45) is 2.07. The van der Waals surface area contributed by atoms with E-state index in [1.54, 1.807) is 0 Å². The molecule has 2 aromatic carbocycles. The van der Waals surface area contributed by atoms with Gasteiger partial charge in [0.15, 0.2) is 0 Å². The molecule has 0 saturated heterocycles. The van der Waals surface area contributed by atoms with Gasteiger partial charge >= 0.3 is 37.7 Å². The molecule has 8 nitrogen and oxygen atoms in total. The summed E-state index contributed by atoms with van der Waals surface area (Å²) in [6, 6.07) is 6.04. The van der Waals surface area contributed by atoms with Crippen molar-refractivity contribution in [2.24, 2.45) is 0 Å². The fraction of sp³-hybridized carbons (Fsp3) is 0.143. The van der Waals surface area contributed by atoms with Gasteiger partial charge in [-0.25, -0.2) is 16.8 Å². The van der Waals surface area contributed by atoms with Gasteiger partial charge in [-0.2, -0.15) is 0 Å². The first kappa shape index (κ1) is 23.4. The Labute approximate surface area is 173 Å². The van der Waals surface area contributed by atoms with Crippen LogP contribution in [0.5, 0.6) is 0 Å². The van der Waals surface area contributed by atoms with E-state index < -0.39 is 36.2 Å². The van der Waals surface area contributed by atoms with Crippen molar-refractivity contribution in [2.75, 3.05) is 0 Å². The number of aliphatic hydroxyl groups is 2. The van der Waals surface area contributed by atoms with Gasteiger partial charge in [0.05, 0.1) is 4.90 Å². The van der Waals surface area contributed by atoms with Gasteiger partial charge in [-0.3, -0.25) is 0 Å². The monoisotopic (exact) mass is 384 g/mol. The largest absolute Gasteiger partial charge is 1.00 e. The van der Waals surface area contributed by atoms with Gasteiger partial charge in [-0.1, -0.05) is 18.2 Å². The topological polar surface area (TPSA) is 155 Å². The number of rotatable bonds is 2. The van der Waals surface area contributed by atoms with Crippen LogP contribution in [0.3, 0.4) is 0 Å². The zero-order valence-corrected chi connectivity index (χ0v) is 15.4. The van der Waals surface area contributed by atoms with E-state index >= 15 is 0 Å². The molecule has 12 heteroatoms. The molecule has 3 rings (SSSR count). The van der Waals surface area contributed by atoms with E-state index in [1.807, 2.05) is 0 Å². The fourth-order valence-corrected chi connectivity index (χ4v) is 3.99. The molecule has 0 aromatic heterocycles. The zero-order chi connectivity index (χ0) is 17.9. The second-order valence-corrected chi connectivity index (χ2v) is 8.27. The second-order valence-electron chi connectivity index (χ2n) is 5.40. The van der Waals surface area contributed by atoms with Gasteiger partial charge in [0, 0.05) is 5.56 Å². The first-order valence-corrected chi connectivity index (χ1v) is 9.40. The van der Waals surface area contributed by atoms with E-state index in [1.165, 1.54) is 24.3 Å². The average molecular weight is 384 g/mol. The fourth-order valence-electron chi connectivity index (χ4n) is 2.68. The molecule has 0 bridgehead atoms. The summed E-state index contributed by atoms with van der Waals surface area (Å²) in [5.41, 5.74) is -0.0208. The molecule has 1 atom stereocenters. The first-order valence-electron chi connectivity index (χ1n) is 6.52. The van der Waals surface area contributed by atoms with Gasteiger partial charge in [0.1, 0.15) is 25.5 Å². The number of fused-ring (bicyclic) bond motifs is 2. The van der Waals surface area contributed by atoms with Crippen LogP contribution < -0.4 is 37.7 Å². The van der Waals surface area contributed by atoms with E-state index in [0.29, 0.717) is 10.8 Å². The second kappa shape index (κ2) is 7.42. The molecule has 128 valence electrons. The third kappa shape index (κ3) is 4.11. The summed E-state index contributed by atoms with van der Waals surface area (Å²) in [5, 5.41) is 18.9. The summed E-state index contributed by atoms with van der Waals surface area (Å²) in [6.45, 7) is 0. The van der Waals surface area contributed by atoms with Crippen molar-refractivity contribution in [3.63, 3.8) is 0 Å². The van der Waals surface area contributed by atoms with Gasteiger partial charge in [-0.15, -0.1) is 0 Å². The Morgan fingerprint density at radius 2 is 1.54 bits per heavy atom. The van der Waals surface area contributed by atoms with Crippen LogP contribution in [0.2, 0.25) is 0 Å². The molecular weight excluding hydrogens is 374 g/mol. The molecule has 0 saturated carbocycles. The smallest absolute Gasteiger partial charge is 0.747 e. The van der Waals surface area contributed by atoms with E-state index in [9.17, 15) is 36.2 Å². The maximum Gasteiger partial charge on any atom is 1.00 e. The molecule has 0 aliphatic heterocycles. The predicted octanol–water partition coefficient (Wildman–Crippen LogP) is -6.17. The van der Waals surface area contributed by atoms with Crippen LogP contribution in [0.4, 0.5) is 0 Å². The van der Waals surface area contributed by atoms with Crippen LogP contribution in [0, 0.1) is 0 Å². The Hall–Kier alpha value is -0.625. The predicted molar refractivity (Wildman–Crippen MR) is 80.5 cm³/mol. The van der Waals surface area contributed by atoms with Gasteiger partial charge in [0.2, 0.25) is 5.79 Å². The number of benzene rings is 2. The molecule has 1 aliphatic rings. The number of hydrogen-bond acceptors (Lipinski definition) is 8. The van der Waals surface area contributed by atoms with Crippen LogP contribution in [0.15, 0.2) is 41.3 Å². The Bertz CT molecular complexity index is 1090. The molecule has 1 unspecified atom stereocenters. The third-order valence-corrected chi connectivity index (χ3v) is 5.76. The van der Waals surface area contributed by atoms with Crippen LogP contribution in [0.1, 0.15) is 11.1 Å². The van der Waals surface area contributed by atoms with Crippen molar-refractivity contribution >= 4 is 37.1 Å². The molecule has 1 aliphatic carbocycles. The molecule has 2 aromatic rings. The molecule has 0 spiro atoms. The van der Waals surface area contributed by atoms with Gasteiger partial charge in [-0.05, 0) is 40.6 Å². The molecule has 0 radical (unpaired) electrons. The van der Waals surface area contributed by atoms with Gasteiger partial charge < -0.3 is 19.3 Å². The third-order valence-electron chi connectivity index (χ3n) is 3.82. The van der Waals surface area contributed by atoms with Crippen LogP contribution >= 0.6 is 0 Å². The summed E-state index contributed by atoms with van der Waals surface area (Å²) >= 11 is 0. The van der Waals surface area contributed by atoms with Crippen molar-refractivity contribution in [3.8, 4) is 0 Å². The van der Waals surface area contributed by atoms with E-state index in [0.717, 1.165) is 18.2 Å². The molecule has 0 heterocycles. The van der Waals surface area contributed by atoms with Crippen molar-refractivity contribution in [3.05, 3.63) is 47.5 Å².